The van der Waals surface area contributed by atoms with Crippen LogP contribution < -0.4 is 5.56 Å². The van der Waals surface area contributed by atoms with E-state index in [1.165, 1.54) is 18.3 Å². The Balaban J connectivity index is 2.05. The number of fused-ring (bicyclic) bond motifs is 1. The van der Waals surface area contributed by atoms with Crippen molar-refractivity contribution in [3.8, 4) is 0 Å². The number of rotatable bonds is 3. The molecule has 20 heavy (non-hydrogen) atoms. The molecular formula is C15H12N2O2S. The number of H-pyrrole nitrogens is 1. The van der Waals surface area contributed by atoms with Crippen LogP contribution in [0.5, 0.6) is 0 Å². The molecule has 0 bridgehead atoms. The van der Waals surface area contributed by atoms with Gasteiger partial charge in [-0.15, -0.1) is 11.3 Å². The highest BCUT2D eigenvalue weighted by Gasteiger charge is 2.11. The Morgan fingerprint density at radius 3 is 2.75 bits per heavy atom. The molecule has 0 aliphatic heterocycles. The molecule has 0 radical (unpaired) electrons. The lowest BCUT2D eigenvalue weighted by molar-refractivity contribution is 0.102. The zero-order valence-corrected chi connectivity index (χ0v) is 11.7. The van der Waals surface area contributed by atoms with Gasteiger partial charge in [0.15, 0.2) is 5.78 Å². The van der Waals surface area contributed by atoms with E-state index in [0.29, 0.717) is 27.3 Å². The predicted molar refractivity (Wildman–Crippen MR) is 79.5 cm³/mol. The maximum absolute atomic E-state index is 12.0. The standard InChI is InChI=1S/C15H12N2O2S/c1-9(18)12-8-11-14(19)16-13(17-15(11)20-12)7-10-5-3-2-4-6-10/h2-6,8H,7H2,1H3,(H,16,17,19). The molecule has 1 aromatic carbocycles. The van der Waals surface area contributed by atoms with E-state index in [-0.39, 0.29) is 11.3 Å². The third-order valence-corrected chi connectivity index (χ3v) is 4.14. The Bertz CT molecular complexity index is 834. The minimum Gasteiger partial charge on any atom is -0.310 e. The number of ketones is 1. The summed E-state index contributed by atoms with van der Waals surface area (Å²) in [6, 6.07) is 11.4. The second-order valence-corrected chi connectivity index (χ2v) is 5.59. The van der Waals surface area contributed by atoms with Gasteiger partial charge >= 0.3 is 0 Å². The van der Waals surface area contributed by atoms with Crippen LogP contribution in [0.1, 0.15) is 28.0 Å². The van der Waals surface area contributed by atoms with Gasteiger partial charge in [0, 0.05) is 6.42 Å². The van der Waals surface area contributed by atoms with E-state index in [1.54, 1.807) is 6.07 Å². The molecule has 3 aromatic rings. The van der Waals surface area contributed by atoms with Gasteiger partial charge in [-0.3, -0.25) is 9.59 Å². The Kier molecular flexibility index (Phi) is 3.20. The molecule has 2 heterocycles. The fraction of sp³-hybridized carbons (Fsp3) is 0.133. The first-order valence-corrected chi connectivity index (χ1v) is 7.03. The van der Waals surface area contributed by atoms with Crippen LogP contribution in [0.25, 0.3) is 10.2 Å². The summed E-state index contributed by atoms with van der Waals surface area (Å²) >= 11 is 1.26. The van der Waals surface area contributed by atoms with Gasteiger partial charge < -0.3 is 4.98 Å². The summed E-state index contributed by atoms with van der Waals surface area (Å²) in [7, 11) is 0. The third kappa shape index (κ3) is 2.40. The summed E-state index contributed by atoms with van der Waals surface area (Å²) in [6.07, 6.45) is 0.569. The maximum Gasteiger partial charge on any atom is 0.259 e. The molecule has 0 aliphatic carbocycles. The first-order chi connectivity index (χ1) is 9.63. The van der Waals surface area contributed by atoms with E-state index >= 15 is 0 Å². The van der Waals surface area contributed by atoms with E-state index in [1.807, 2.05) is 30.3 Å². The number of carbonyl (C=O) groups is 1. The number of hydrogen-bond acceptors (Lipinski definition) is 4. The van der Waals surface area contributed by atoms with Crippen LogP contribution in [0, 0.1) is 0 Å². The van der Waals surface area contributed by atoms with Gasteiger partial charge in [-0.1, -0.05) is 30.3 Å². The van der Waals surface area contributed by atoms with Crippen LogP contribution in [0.2, 0.25) is 0 Å². The molecule has 0 aliphatic rings. The summed E-state index contributed by atoms with van der Waals surface area (Å²) in [5, 5.41) is 0.483. The molecule has 0 saturated carbocycles. The number of carbonyl (C=O) groups excluding carboxylic acids is 1. The van der Waals surface area contributed by atoms with Crippen molar-refractivity contribution in [1.82, 2.24) is 9.97 Å². The molecule has 5 heteroatoms. The predicted octanol–water partition coefficient (Wildman–Crippen LogP) is 2.78. The number of nitrogens with one attached hydrogen (secondary N) is 1. The molecule has 0 amide bonds. The normalized spacial score (nSPS) is 10.8. The Labute approximate surface area is 119 Å². The maximum atomic E-state index is 12.0. The van der Waals surface area contributed by atoms with Gasteiger partial charge in [0.25, 0.3) is 5.56 Å². The van der Waals surface area contributed by atoms with Gasteiger partial charge in [-0.25, -0.2) is 4.98 Å². The van der Waals surface area contributed by atoms with E-state index in [9.17, 15) is 9.59 Å². The molecule has 3 rings (SSSR count). The third-order valence-electron chi connectivity index (χ3n) is 3.01. The molecule has 2 aromatic heterocycles. The number of thiophene rings is 1. The average molecular weight is 284 g/mol. The zero-order chi connectivity index (χ0) is 14.1. The van der Waals surface area contributed by atoms with E-state index in [0.717, 1.165) is 5.56 Å². The van der Waals surface area contributed by atoms with Crippen molar-refractivity contribution in [2.75, 3.05) is 0 Å². The minimum absolute atomic E-state index is 0.0444. The molecule has 0 atom stereocenters. The van der Waals surface area contributed by atoms with Crippen LogP contribution in [-0.2, 0) is 6.42 Å². The first kappa shape index (κ1) is 12.7. The highest BCUT2D eigenvalue weighted by atomic mass is 32.1. The topological polar surface area (TPSA) is 62.8 Å². The second-order valence-electron chi connectivity index (χ2n) is 4.56. The quantitative estimate of drug-likeness (QED) is 0.752. The van der Waals surface area contributed by atoms with Crippen LogP contribution in [-0.4, -0.2) is 15.8 Å². The zero-order valence-electron chi connectivity index (χ0n) is 10.8. The summed E-state index contributed by atoms with van der Waals surface area (Å²) in [6.45, 7) is 1.49. The minimum atomic E-state index is -0.190. The highest BCUT2D eigenvalue weighted by molar-refractivity contribution is 7.20. The molecule has 1 N–H and O–H groups in total. The molecular weight excluding hydrogens is 272 g/mol. The summed E-state index contributed by atoms with van der Waals surface area (Å²) < 4.78 is 0. The number of aromatic amines is 1. The van der Waals surface area contributed by atoms with Crippen LogP contribution in [0.3, 0.4) is 0 Å². The van der Waals surface area contributed by atoms with Crippen molar-refractivity contribution in [1.29, 1.82) is 0 Å². The number of aromatic nitrogens is 2. The van der Waals surface area contributed by atoms with Crippen LogP contribution >= 0.6 is 11.3 Å². The summed E-state index contributed by atoms with van der Waals surface area (Å²) in [5.41, 5.74) is 0.892. The summed E-state index contributed by atoms with van der Waals surface area (Å²) in [4.78, 5) is 31.8. The molecule has 4 nitrogen and oxygen atoms in total. The summed E-state index contributed by atoms with van der Waals surface area (Å²) in [5.74, 6) is 0.572. The Morgan fingerprint density at radius 2 is 2.05 bits per heavy atom. The lowest BCUT2D eigenvalue weighted by Crippen LogP contribution is -2.10. The molecule has 0 spiro atoms. The van der Waals surface area contributed by atoms with Gasteiger partial charge in [-0.05, 0) is 18.6 Å². The van der Waals surface area contributed by atoms with E-state index < -0.39 is 0 Å². The van der Waals surface area contributed by atoms with Crippen molar-refractivity contribution in [3.63, 3.8) is 0 Å². The van der Waals surface area contributed by atoms with Crippen LogP contribution in [0.15, 0.2) is 41.2 Å². The van der Waals surface area contributed by atoms with E-state index in [4.69, 9.17) is 0 Å². The van der Waals surface area contributed by atoms with Crippen molar-refractivity contribution in [2.45, 2.75) is 13.3 Å². The van der Waals surface area contributed by atoms with Crippen molar-refractivity contribution < 1.29 is 4.79 Å². The lowest BCUT2D eigenvalue weighted by atomic mass is 10.1. The molecule has 100 valence electrons. The molecule has 0 fully saturated rings. The number of benzene rings is 1. The van der Waals surface area contributed by atoms with Gasteiger partial charge in [0.05, 0.1) is 10.3 Å². The molecule has 0 saturated heterocycles. The Morgan fingerprint density at radius 1 is 1.30 bits per heavy atom. The van der Waals surface area contributed by atoms with Gasteiger partial charge in [0.1, 0.15) is 10.7 Å². The van der Waals surface area contributed by atoms with E-state index in [2.05, 4.69) is 9.97 Å². The van der Waals surface area contributed by atoms with Crippen molar-refractivity contribution in [2.24, 2.45) is 0 Å². The number of hydrogen-bond donors (Lipinski definition) is 1. The molecule has 0 unspecified atom stereocenters. The lowest BCUT2D eigenvalue weighted by Gasteiger charge is -2.00. The van der Waals surface area contributed by atoms with Crippen molar-refractivity contribution >= 4 is 27.3 Å². The largest absolute Gasteiger partial charge is 0.310 e. The van der Waals surface area contributed by atoms with Crippen LogP contribution in [0.4, 0.5) is 0 Å². The smallest absolute Gasteiger partial charge is 0.259 e. The average Bonchev–Trinajstić information content (AvgIpc) is 2.84. The number of Topliss-reactive ketones (excluding diaryl/α,β-unsaturated/α-hetero) is 1. The monoisotopic (exact) mass is 284 g/mol. The SMILES string of the molecule is CC(=O)c1cc2c(=O)[nH]c(Cc3ccccc3)nc2s1. The van der Waals surface area contributed by atoms with Gasteiger partial charge in [0.2, 0.25) is 0 Å². The second kappa shape index (κ2) is 5.02. The fourth-order valence-corrected chi connectivity index (χ4v) is 2.97. The van der Waals surface area contributed by atoms with Crippen molar-refractivity contribution in [3.05, 3.63) is 63.0 Å². The van der Waals surface area contributed by atoms with Gasteiger partial charge in [-0.2, -0.15) is 0 Å². The number of nitrogens with zero attached hydrogens (tertiary/aromatic N) is 1. The fourth-order valence-electron chi connectivity index (χ4n) is 2.02. The Hall–Kier alpha value is -2.27. The first-order valence-electron chi connectivity index (χ1n) is 6.21. The highest BCUT2D eigenvalue weighted by Crippen LogP contribution is 2.21.